The third-order valence-corrected chi connectivity index (χ3v) is 7.69. The molecule has 178 valence electrons. The summed E-state index contributed by atoms with van der Waals surface area (Å²) in [6, 6.07) is 17.6. The quantitative estimate of drug-likeness (QED) is 0.544. The number of amides is 1. The van der Waals surface area contributed by atoms with Crippen LogP contribution in [0.1, 0.15) is 23.1 Å². The number of hydrogen-bond donors (Lipinski definition) is 1. The van der Waals surface area contributed by atoms with Crippen LogP contribution in [0.5, 0.6) is 11.5 Å². The van der Waals surface area contributed by atoms with Crippen molar-refractivity contribution in [3.05, 3.63) is 77.4 Å². The fourth-order valence-corrected chi connectivity index (χ4v) is 5.65. The standard InChI is InChI=1S/C26H28N2O5S/c1-18-6-10-22(11-7-18)34(30,31)28-14-4-5-20-17-21(9-12-23(20)28)27-26(29)16-19-8-13-24(32-2)25(15-19)33-3/h6-13,15,17H,4-5,14,16H2,1-3H3,(H,27,29). The smallest absolute Gasteiger partial charge is 0.264 e. The van der Waals surface area contributed by atoms with Gasteiger partial charge in [-0.15, -0.1) is 0 Å². The number of hydrogen-bond acceptors (Lipinski definition) is 5. The molecule has 3 aromatic rings. The number of sulfonamides is 1. The van der Waals surface area contributed by atoms with Crippen LogP contribution in [-0.2, 0) is 27.7 Å². The second-order valence-electron chi connectivity index (χ2n) is 8.25. The van der Waals surface area contributed by atoms with Crippen molar-refractivity contribution >= 4 is 27.3 Å². The molecule has 1 heterocycles. The van der Waals surface area contributed by atoms with Gasteiger partial charge in [-0.25, -0.2) is 8.42 Å². The largest absolute Gasteiger partial charge is 0.493 e. The average molecular weight is 481 g/mol. The molecule has 0 bridgehead atoms. The molecular formula is C26H28N2O5S. The molecule has 0 unspecified atom stereocenters. The summed E-state index contributed by atoms with van der Waals surface area (Å²) in [6.07, 6.45) is 1.63. The van der Waals surface area contributed by atoms with Gasteiger partial charge in [0.15, 0.2) is 11.5 Å². The van der Waals surface area contributed by atoms with Gasteiger partial charge >= 0.3 is 0 Å². The van der Waals surface area contributed by atoms with Gasteiger partial charge < -0.3 is 14.8 Å². The SMILES string of the molecule is COc1ccc(CC(=O)Nc2ccc3c(c2)CCCN3S(=O)(=O)c2ccc(C)cc2)cc1OC. The van der Waals surface area contributed by atoms with Crippen LogP contribution < -0.4 is 19.1 Å². The topological polar surface area (TPSA) is 84.9 Å². The van der Waals surface area contributed by atoms with Crippen LogP contribution in [0.15, 0.2) is 65.6 Å². The monoisotopic (exact) mass is 480 g/mol. The number of nitrogens with zero attached hydrogens (tertiary/aromatic N) is 1. The minimum Gasteiger partial charge on any atom is -0.493 e. The van der Waals surface area contributed by atoms with Gasteiger partial charge in [-0.1, -0.05) is 23.8 Å². The summed E-state index contributed by atoms with van der Waals surface area (Å²) in [5.41, 5.74) is 3.99. The van der Waals surface area contributed by atoms with Crippen molar-refractivity contribution in [3.63, 3.8) is 0 Å². The van der Waals surface area contributed by atoms with Crippen molar-refractivity contribution in [2.75, 3.05) is 30.4 Å². The van der Waals surface area contributed by atoms with Crippen molar-refractivity contribution in [2.45, 2.75) is 31.1 Å². The zero-order valence-corrected chi connectivity index (χ0v) is 20.3. The van der Waals surface area contributed by atoms with Crippen LogP contribution in [0.3, 0.4) is 0 Å². The molecular weight excluding hydrogens is 452 g/mol. The van der Waals surface area contributed by atoms with E-state index in [0.29, 0.717) is 35.8 Å². The molecule has 1 aliphatic rings. The Morgan fingerprint density at radius 1 is 0.971 bits per heavy atom. The summed E-state index contributed by atoms with van der Waals surface area (Å²) < 4.78 is 38.5. The Kier molecular flexibility index (Phi) is 6.79. The lowest BCUT2D eigenvalue weighted by Gasteiger charge is -2.31. The minimum absolute atomic E-state index is 0.172. The number of anilines is 2. The van der Waals surface area contributed by atoms with Gasteiger partial charge in [0, 0.05) is 12.2 Å². The van der Waals surface area contributed by atoms with Crippen LogP contribution in [0.25, 0.3) is 0 Å². The number of fused-ring (bicyclic) bond motifs is 1. The van der Waals surface area contributed by atoms with Gasteiger partial charge in [0.25, 0.3) is 10.0 Å². The van der Waals surface area contributed by atoms with E-state index in [4.69, 9.17) is 9.47 Å². The first kappa shape index (κ1) is 23.6. The van der Waals surface area contributed by atoms with E-state index >= 15 is 0 Å². The van der Waals surface area contributed by atoms with Crippen LogP contribution in [0.2, 0.25) is 0 Å². The molecule has 0 atom stereocenters. The normalized spacial score (nSPS) is 13.2. The van der Waals surface area contributed by atoms with Crippen LogP contribution in [0.4, 0.5) is 11.4 Å². The number of carbonyl (C=O) groups is 1. The number of carbonyl (C=O) groups excluding carboxylic acids is 1. The van der Waals surface area contributed by atoms with Gasteiger partial charge in [-0.3, -0.25) is 9.10 Å². The maximum atomic E-state index is 13.3. The average Bonchev–Trinajstić information content (AvgIpc) is 2.83. The summed E-state index contributed by atoms with van der Waals surface area (Å²) in [4.78, 5) is 12.9. The van der Waals surface area contributed by atoms with Gasteiger partial charge in [-0.05, 0) is 73.4 Å². The summed E-state index contributed by atoms with van der Waals surface area (Å²) in [5.74, 6) is 0.995. The summed E-state index contributed by atoms with van der Waals surface area (Å²) >= 11 is 0. The second-order valence-corrected chi connectivity index (χ2v) is 10.1. The molecule has 34 heavy (non-hydrogen) atoms. The highest BCUT2D eigenvalue weighted by molar-refractivity contribution is 7.92. The van der Waals surface area contributed by atoms with Crippen molar-refractivity contribution in [3.8, 4) is 11.5 Å². The van der Waals surface area contributed by atoms with E-state index in [9.17, 15) is 13.2 Å². The van der Waals surface area contributed by atoms with Crippen molar-refractivity contribution in [1.82, 2.24) is 0 Å². The first-order chi connectivity index (χ1) is 16.3. The van der Waals surface area contributed by atoms with Gasteiger partial charge in [-0.2, -0.15) is 0 Å². The van der Waals surface area contributed by atoms with E-state index in [-0.39, 0.29) is 17.2 Å². The third kappa shape index (κ3) is 4.87. The second kappa shape index (κ2) is 9.77. The van der Waals surface area contributed by atoms with Gasteiger partial charge in [0.2, 0.25) is 5.91 Å². The van der Waals surface area contributed by atoms with Gasteiger partial charge in [0.05, 0.1) is 31.2 Å². The maximum absolute atomic E-state index is 13.3. The van der Waals surface area contributed by atoms with Crippen molar-refractivity contribution in [2.24, 2.45) is 0 Å². The Morgan fingerprint density at radius 3 is 2.41 bits per heavy atom. The highest BCUT2D eigenvalue weighted by Crippen LogP contribution is 2.34. The molecule has 0 spiro atoms. The van der Waals surface area contributed by atoms with E-state index in [0.717, 1.165) is 23.1 Å². The van der Waals surface area contributed by atoms with Crippen molar-refractivity contribution in [1.29, 1.82) is 0 Å². The number of ether oxygens (including phenoxy) is 2. The molecule has 3 aromatic carbocycles. The summed E-state index contributed by atoms with van der Waals surface area (Å²) in [5, 5.41) is 2.92. The molecule has 7 nitrogen and oxygen atoms in total. The highest BCUT2D eigenvalue weighted by atomic mass is 32.2. The maximum Gasteiger partial charge on any atom is 0.264 e. The fraction of sp³-hybridized carbons (Fsp3) is 0.269. The number of aryl methyl sites for hydroxylation is 2. The minimum atomic E-state index is -3.66. The Hall–Kier alpha value is -3.52. The zero-order chi connectivity index (χ0) is 24.3. The molecule has 1 amide bonds. The summed E-state index contributed by atoms with van der Waals surface area (Å²) in [6.45, 7) is 2.35. The van der Waals surface area contributed by atoms with E-state index in [1.807, 2.05) is 19.1 Å². The Morgan fingerprint density at radius 2 is 1.71 bits per heavy atom. The predicted octanol–water partition coefficient (Wildman–Crippen LogP) is 4.33. The lowest BCUT2D eigenvalue weighted by Crippen LogP contribution is -2.35. The molecule has 0 saturated carbocycles. The third-order valence-electron chi connectivity index (χ3n) is 5.86. The van der Waals surface area contributed by atoms with E-state index in [2.05, 4.69) is 5.32 Å². The van der Waals surface area contributed by atoms with Crippen LogP contribution in [-0.4, -0.2) is 35.1 Å². The number of nitrogens with one attached hydrogen (secondary N) is 1. The molecule has 0 aliphatic carbocycles. The zero-order valence-electron chi connectivity index (χ0n) is 19.5. The molecule has 1 aliphatic heterocycles. The van der Waals surface area contributed by atoms with E-state index < -0.39 is 10.0 Å². The molecule has 0 fully saturated rings. The summed E-state index contributed by atoms with van der Waals surface area (Å²) in [7, 11) is -0.542. The molecule has 0 saturated heterocycles. The Bertz CT molecular complexity index is 1300. The predicted molar refractivity (Wildman–Crippen MR) is 132 cm³/mol. The molecule has 8 heteroatoms. The van der Waals surface area contributed by atoms with Crippen LogP contribution in [0, 0.1) is 6.92 Å². The first-order valence-corrected chi connectivity index (χ1v) is 12.5. The van der Waals surface area contributed by atoms with Crippen LogP contribution >= 0.6 is 0 Å². The molecule has 4 rings (SSSR count). The highest BCUT2D eigenvalue weighted by Gasteiger charge is 2.29. The van der Waals surface area contributed by atoms with Gasteiger partial charge in [0.1, 0.15) is 0 Å². The first-order valence-electron chi connectivity index (χ1n) is 11.0. The molecule has 0 radical (unpaired) electrons. The molecule has 0 aromatic heterocycles. The lowest BCUT2D eigenvalue weighted by atomic mass is 10.0. The number of methoxy groups -OCH3 is 2. The number of rotatable bonds is 7. The molecule has 1 N–H and O–H groups in total. The number of benzene rings is 3. The fourth-order valence-electron chi connectivity index (χ4n) is 4.11. The van der Waals surface area contributed by atoms with E-state index in [1.54, 1.807) is 62.8 Å². The Labute approximate surface area is 200 Å². The Balaban J connectivity index is 1.51. The van der Waals surface area contributed by atoms with E-state index in [1.165, 1.54) is 4.31 Å². The lowest BCUT2D eigenvalue weighted by molar-refractivity contribution is -0.115. The van der Waals surface area contributed by atoms with Crippen molar-refractivity contribution < 1.29 is 22.7 Å².